The first kappa shape index (κ1) is 13.2. The number of hydrogen-bond donors (Lipinski definition) is 0. The summed E-state index contributed by atoms with van der Waals surface area (Å²) < 4.78 is 4.76. The highest BCUT2D eigenvalue weighted by Crippen LogP contribution is 2.38. The molecule has 1 nitrogen and oxygen atoms in total. The Labute approximate surface area is 67.3 Å². The third kappa shape index (κ3) is 11.4. The molecular formula is C6H22BNP2. The molecule has 0 atom stereocenters. The second-order valence-electron chi connectivity index (χ2n) is 3.97. The highest BCUT2D eigenvalue weighted by Gasteiger charge is 2.10. The number of nitrogens with zero attached hydrogens (tertiary/aromatic N) is 1. The maximum Gasteiger partial charge on any atom is 0.207 e. The molecule has 0 aliphatic rings. The molecule has 0 aliphatic heterocycles. The zero-order chi connectivity index (χ0) is 7.71. The molecule has 0 amide bonds. The van der Waals surface area contributed by atoms with E-state index in [1.807, 2.05) is 0 Å². The molecule has 10 heavy (non-hydrogen) atoms. The Balaban J connectivity index is 0. The van der Waals surface area contributed by atoms with Gasteiger partial charge in [0.1, 0.15) is 0 Å². The smallest absolute Gasteiger partial charge is 0.178 e. The van der Waals surface area contributed by atoms with E-state index in [4.69, 9.17) is 4.17 Å². The molecule has 0 rings (SSSR count). The SMILES string of the molecule is CP(C)(C)=[N+]=P(C)(C)C.[BH4-]. The molecule has 0 unspecified atom stereocenters. The lowest BCUT2D eigenvalue weighted by Gasteiger charge is -1.91. The van der Waals surface area contributed by atoms with Gasteiger partial charge in [-0.25, -0.2) is 0 Å². The minimum Gasteiger partial charge on any atom is -0.178 e. The maximum atomic E-state index is 4.76. The lowest BCUT2D eigenvalue weighted by molar-refractivity contribution is 1.71. The molecule has 64 valence electrons. The number of rotatable bonds is 0. The van der Waals surface area contributed by atoms with Crippen molar-refractivity contribution in [2.24, 2.45) is 0 Å². The molecule has 0 radical (unpaired) electrons. The second-order valence-corrected chi connectivity index (χ2v) is 12.5. The molecule has 0 N–H and O–H groups in total. The predicted molar refractivity (Wildman–Crippen MR) is 62.9 cm³/mol. The van der Waals surface area contributed by atoms with Gasteiger partial charge >= 0.3 is 0 Å². The summed E-state index contributed by atoms with van der Waals surface area (Å²) >= 11 is 0. The molecule has 0 aromatic carbocycles. The van der Waals surface area contributed by atoms with Gasteiger partial charge < -0.3 is 0 Å². The largest absolute Gasteiger partial charge is 0.207 e. The van der Waals surface area contributed by atoms with Gasteiger partial charge in [-0.1, -0.05) is 8.41 Å². The zero-order valence-corrected chi connectivity index (χ0v) is 9.13. The van der Waals surface area contributed by atoms with E-state index >= 15 is 0 Å². The topological polar surface area (TPSA) is 14.1 Å². The standard InChI is InChI=1S/C6H18NP2.BH4/c1-8(2,3)7-9(4,5)6;/h1-6H3;1H4/q+1;-1. The van der Waals surface area contributed by atoms with Crippen molar-refractivity contribution < 1.29 is 0 Å². The summed E-state index contributed by atoms with van der Waals surface area (Å²) in [6.45, 7) is 13.6. The van der Waals surface area contributed by atoms with Crippen LogP contribution in [0.2, 0.25) is 0 Å². The van der Waals surface area contributed by atoms with Crippen LogP contribution in [0.1, 0.15) is 0 Å². The summed E-state index contributed by atoms with van der Waals surface area (Å²) in [4.78, 5) is 0. The Morgan fingerprint density at radius 3 is 0.900 bits per heavy atom. The zero-order valence-electron chi connectivity index (χ0n) is 7.34. The van der Waals surface area contributed by atoms with Gasteiger partial charge in [0.15, 0.2) is 0 Å². The molecule has 0 aromatic rings. The third-order valence-electron chi connectivity index (χ3n) is 0.537. The van der Waals surface area contributed by atoms with Gasteiger partial charge in [0.25, 0.3) is 0 Å². The van der Waals surface area contributed by atoms with Crippen LogP contribution in [0.5, 0.6) is 0 Å². The lowest BCUT2D eigenvalue weighted by Crippen LogP contribution is -1.79. The summed E-state index contributed by atoms with van der Waals surface area (Å²) in [5.41, 5.74) is 0. The Hall–Kier alpha value is 0.635. The quantitative estimate of drug-likeness (QED) is 0.298. The molecule has 0 saturated carbocycles. The van der Waals surface area contributed by atoms with E-state index < -0.39 is 14.1 Å². The Kier molecular flexibility index (Phi) is 5.12. The highest BCUT2D eigenvalue weighted by molar-refractivity contribution is 7.71. The first-order chi connectivity index (χ1) is 3.71. The fourth-order valence-corrected chi connectivity index (χ4v) is 7.24. The molecule has 0 spiro atoms. The molecule has 0 saturated heterocycles. The van der Waals surface area contributed by atoms with Crippen LogP contribution in [0.15, 0.2) is 0 Å². The average Bonchev–Trinajstić information content (AvgIpc) is 1.14. The van der Waals surface area contributed by atoms with Crippen LogP contribution in [0.3, 0.4) is 0 Å². The minimum atomic E-state index is -0.863. The van der Waals surface area contributed by atoms with Gasteiger partial charge in [-0.3, -0.25) is 0 Å². The molecule has 0 aliphatic carbocycles. The second kappa shape index (κ2) is 3.86. The van der Waals surface area contributed by atoms with Crippen LogP contribution in [-0.4, -0.2) is 48.4 Å². The lowest BCUT2D eigenvalue weighted by atomic mass is 10.8. The van der Waals surface area contributed by atoms with Gasteiger partial charge in [0.2, 0.25) is 14.1 Å². The van der Waals surface area contributed by atoms with Crippen molar-refractivity contribution in [2.45, 2.75) is 0 Å². The maximum absolute atomic E-state index is 4.76. The van der Waals surface area contributed by atoms with Crippen molar-refractivity contribution in [1.82, 2.24) is 4.17 Å². The third-order valence-corrected chi connectivity index (χ3v) is 4.83. The minimum absolute atomic E-state index is 0. The Bertz CT molecular complexity index is 167. The predicted octanol–water partition coefficient (Wildman–Crippen LogP) is 0.783. The van der Waals surface area contributed by atoms with Gasteiger partial charge in [-0.05, 0) is 0 Å². The van der Waals surface area contributed by atoms with Crippen molar-refractivity contribution in [3.8, 4) is 0 Å². The summed E-state index contributed by atoms with van der Waals surface area (Å²) in [5, 5.41) is 0. The van der Waals surface area contributed by atoms with Crippen molar-refractivity contribution in [2.75, 3.05) is 40.0 Å². The number of hydrogen-bond acceptors (Lipinski definition) is 0. The first-order valence-electron chi connectivity index (χ1n) is 3.08. The average molecular weight is 181 g/mol. The highest BCUT2D eigenvalue weighted by atomic mass is 31.2. The molecule has 0 fully saturated rings. The van der Waals surface area contributed by atoms with E-state index in [9.17, 15) is 0 Å². The fraction of sp³-hybridized carbons (Fsp3) is 1.00. The van der Waals surface area contributed by atoms with E-state index in [1.54, 1.807) is 0 Å². The summed E-state index contributed by atoms with van der Waals surface area (Å²) in [6.07, 6.45) is 0. The van der Waals surface area contributed by atoms with E-state index in [1.165, 1.54) is 0 Å². The summed E-state index contributed by atoms with van der Waals surface area (Å²) in [6, 6.07) is 0. The van der Waals surface area contributed by atoms with E-state index in [0.29, 0.717) is 0 Å². The van der Waals surface area contributed by atoms with E-state index in [2.05, 4.69) is 40.0 Å². The van der Waals surface area contributed by atoms with Crippen LogP contribution in [0.25, 0.3) is 0 Å². The van der Waals surface area contributed by atoms with Gasteiger partial charge in [0, 0.05) is 40.0 Å². The van der Waals surface area contributed by atoms with E-state index in [0.717, 1.165) is 0 Å². The monoisotopic (exact) mass is 181 g/mol. The van der Waals surface area contributed by atoms with Crippen LogP contribution in [0, 0.1) is 0 Å². The molecule has 4 heteroatoms. The molecule has 0 bridgehead atoms. The first-order valence-corrected chi connectivity index (χ1v) is 9.25. The summed E-state index contributed by atoms with van der Waals surface area (Å²) in [5.74, 6) is 0. The van der Waals surface area contributed by atoms with Gasteiger partial charge in [-0.15, -0.1) is 0 Å². The van der Waals surface area contributed by atoms with Crippen LogP contribution >= 0.6 is 14.1 Å². The van der Waals surface area contributed by atoms with E-state index in [-0.39, 0.29) is 8.41 Å². The van der Waals surface area contributed by atoms with Crippen molar-refractivity contribution in [3.05, 3.63) is 0 Å². The van der Waals surface area contributed by atoms with Crippen molar-refractivity contribution in [1.29, 1.82) is 0 Å². The molecule has 0 aromatic heterocycles. The van der Waals surface area contributed by atoms with Gasteiger partial charge in [-0.2, -0.15) is 4.17 Å². The fourth-order valence-electron chi connectivity index (χ4n) is 0.805. The van der Waals surface area contributed by atoms with Crippen molar-refractivity contribution in [3.63, 3.8) is 0 Å². The van der Waals surface area contributed by atoms with Crippen LogP contribution in [-0.2, 0) is 0 Å². The van der Waals surface area contributed by atoms with Crippen LogP contribution in [0.4, 0.5) is 0 Å². The molecule has 0 heterocycles. The molecular weight excluding hydrogens is 159 g/mol. The van der Waals surface area contributed by atoms with Gasteiger partial charge in [0.05, 0.1) is 0 Å². The Morgan fingerprint density at radius 2 is 0.900 bits per heavy atom. The van der Waals surface area contributed by atoms with Crippen LogP contribution < -0.4 is 4.17 Å². The van der Waals surface area contributed by atoms with Crippen molar-refractivity contribution >= 4 is 22.5 Å². The Morgan fingerprint density at radius 1 is 0.700 bits per heavy atom. The summed E-state index contributed by atoms with van der Waals surface area (Å²) in [7, 11) is -1.73. The normalized spacial score (nSPS) is 11.8.